The van der Waals surface area contributed by atoms with Crippen LogP contribution in [0.5, 0.6) is 0 Å². The highest BCUT2D eigenvalue weighted by molar-refractivity contribution is 5.18. The molecule has 3 rings (SSSR count). The van der Waals surface area contributed by atoms with E-state index in [4.69, 9.17) is 4.74 Å². The maximum atomic E-state index is 10.7. The van der Waals surface area contributed by atoms with E-state index in [-0.39, 0.29) is 17.1 Å². The lowest BCUT2D eigenvalue weighted by molar-refractivity contribution is -0.193. The van der Waals surface area contributed by atoms with Crippen molar-refractivity contribution in [3.8, 4) is 0 Å². The molecule has 0 amide bonds. The molecule has 3 saturated carbocycles. The first-order valence-corrected chi connectivity index (χ1v) is 6.70. The second-order valence-electron chi connectivity index (χ2n) is 6.98. The zero-order chi connectivity index (χ0) is 11.6. The predicted octanol–water partition coefficient (Wildman–Crippen LogP) is 2.74. The molecule has 1 spiro atoms. The number of hydrogen-bond donors (Lipinski definition) is 1. The van der Waals surface area contributed by atoms with E-state index in [2.05, 4.69) is 13.8 Å². The number of aliphatic hydroxyl groups excluding tert-OH is 1. The van der Waals surface area contributed by atoms with Crippen molar-refractivity contribution in [2.24, 2.45) is 16.7 Å². The van der Waals surface area contributed by atoms with Crippen LogP contribution < -0.4 is 0 Å². The second-order valence-corrected chi connectivity index (χ2v) is 6.98. The van der Waals surface area contributed by atoms with Crippen LogP contribution in [0.3, 0.4) is 0 Å². The molecule has 3 fully saturated rings. The molecule has 16 heavy (non-hydrogen) atoms. The molecule has 4 atom stereocenters. The third-order valence-electron chi connectivity index (χ3n) is 6.11. The Labute approximate surface area is 98.4 Å². The summed E-state index contributed by atoms with van der Waals surface area (Å²) in [4.78, 5) is 0. The smallest absolute Gasteiger partial charge is 0.0947 e. The van der Waals surface area contributed by atoms with Gasteiger partial charge in [0.05, 0.1) is 11.7 Å². The normalized spacial score (nSPS) is 54.0. The van der Waals surface area contributed by atoms with E-state index in [9.17, 15) is 5.11 Å². The number of methoxy groups -OCH3 is 1. The van der Waals surface area contributed by atoms with Crippen molar-refractivity contribution in [2.75, 3.05) is 7.11 Å². The van der Waals surface area contributed by atoms with Gasteiger partial charge in [-0.3, -0.25) is 0 Å². The Hall–Kier alpha value is -0.0800. The maximum absolute atomic E-state index is 10.7. The summed E-state index contributed by atoms with van der Waals surface area (Å²) in [5.41, 5.74) is 0.296. The molecule has 2 nitrogen and oxygen atoms in total. The highest BCUT2D eigenvalue weighted by atomic mass is 16.5. The number of ether oxygens (including phenoxy) is 1. The first-order chi connectivity index (χ1) is 7.47. The summed E-state index contributed by atoms with van der Waals surface area (Å²) >= 11 is 0. The Morgan fingerprint density at radius 1 is 1.19 bits per heavy atom. The van der Waals surface area contributed by atoms with Crippen LogP contribution in [0.25, 0.3) is 0 Å². The molecule has 0 saturated heterocycles. The summed E-state index contributed by atoms with van der Waals surface area (Å²) in [6.45, 7) is 4.50. The average Bonchev–Trinajstić information content (AvgIpc) is 2.82. The lowest BCUT2D eigenvalue weighted by atomic mass is 9.55. The van der Waals surface area contributed by atoms with E-state index in [1.807, 2.05) is 0 Å². The lowest BCUT2D eigenvalue weighted by Gasteiger charge is -2.54. The highest BCUT2D eigenvalue weighted by Crippen LogP contribution is 2.69. The Morgan fingerprint density at radius 2 is 1.94 bits per heavy atom. The monoisotopic (exact) mass is 224 g/mol. The molecule has 0 aromatic carbocycles. The highest BCUT2D eigenvalue weighted by Gasteiger charge is 2.67. The van der Waals surface area contributed by atoms with E-state index in [1.54, 1.807) is 7.11 Å². The summed E-state index contributed by atoms with van der Waals surface area (Å²) in [5, 5.41) is 10.7. The summed E-state index contributed by atoms with van der Waals surface area (Å²) in [5.74, 6) is 0.709. The maximum Gasteiger partial charge on any atom is 0.0947 e. The minimum Gasteiger partial charge on any atom is -0.390 e. The van der Waals surface area contributed by atoms with Gasteiger partial charge in [-0.25, -0.2) is 0 Å². The third kappa shape index (κ3) is 1.06. The van der Waals surface area contributed by atoms with Gasteiger partial charge >= 0.3 is 0 Å². The molecular weight excluding hydrogens is 200 g/mol. The van der Waals surface area contributed by atoms with Gasteiger partial charge in [0.2, 0.25) is 0 Å². The van der Waals surface area contributed by atoms with Crippen molar-refractivity contribution in [1.82, 2.24) is 0 Å². The summed E-state index contributed by atoms with van der Waals surface area (Å²) in [7, 11) is 1.79. The summed E-state index contributed by atoms with van der Waals surface area (Å²) in [6, 6.07) is 0. The predicted molar refractivity (Wildman–Crippen MR) is 63.2 cm³/mol. The van der Waals surface area contributed by atoms with Gasteiger partial charge in [-0.05, 0) is 48.9 Å². The van der Waals surface area contributed by atoms with Gasteiger partial charge < -0.3 is 9.84 Å². The minimum absolute atomic E-state index is 0.0290. The van der Waals surface area contributed by atoms with E-state index in [1.165, 1.54) is 25.7 Å². The standard InChI is InChI=1S/C14H24O2/c1-12(2)10-5-4-6-13(10)7-8-14(9-13,16-3)11(12)15/h10-11,15H,4-9H2,1-3H3/t10?,11-,13-,14-/m1/s1. The van der Waals surface area contributed by atoms with Gasteiger partial charge in [-0.15, -0.1) is 0 Å². The fraction of sp³-hybridized carbons (Fsp3) is 1.00. The van der Waals surface area contributed by atoms with Crippen molar-refractivity contribution in [3.05, 3.63) is 0 Å². The molecule has 0 radical (unpaired) electrons. The molecule has 3 aliphatic carbocycles. The van der Waals surface area contributed by atoms with Crippen LogP contribution in [-0.2, 0) is 4.74 Å². The Morgan fingerprint density at radius 3 is 2.62 bits per heavy atom. The molecule has 0 aliphatic heterocycles. The summed E-state index contributed by atoms with van der Waals surface area (Å²) in [6.07, 6.45) is 7.16. The van der Waals surface area contributed by atoms with Crippen LogP contribution >= 0.6 is 0 Å². The molecular formula is C14H24O2. The van der Waals surface area contributed by atoms with Crippen molar-refractivity contribution < 1.29 is 9.84 Å². The fourth-order valence-corrected chi connectivity index (χ4v) is 5.43. The van der Waals surface area contributed by atoms with Crippen molar-refractivity contribution in [3.63, 3.8) is 0 Å². The molecule has 1 N–H and O–H groups in total. The molecule has 92 valence electrons. The second kappa shape index (κ2) is 3.02. The Kier molecular flexibility index (Phi) is 2.09. The topological polar surface area (TPSA) is 29.5 Å². The molecule has 2 heteroatoms. The quantitative estimate of drug-likeness (QED) is 0.742. The van der Waals surface area contributed by atoms with Crippen LogP contribution in [0.15, 0.2) is 0 Å². The number of hydrogen-bond acceptors (Lipinski definition) is 2. The van der Waals surface area contributed by atoms with Gasteiger partial charge in [0.15, 0.2) is 0 Å². The molecule has 1 unspecified atom stereocenters. The lowest BCUT2D eigenvalue weighted by Crippen LogP contribution is -2.58. The molecule has 0 heterocycles. The zero-order valence-electron chi connectivity index (χ0n) is 10.8. The molecule has 0 aromatic rings. The van der Waals surface area contributed by atoms with Crippen molar-refractivity contribution in [1.29, 1.82) is 0 Å². The van der Waals surface area contributed by atoms with Gasteiger partial charge in [-0.2, -0.15) is 0 Å². The van der Waals surface area contributed by atoms with Gasteiger partial charge in [0, 0.05) is 7.11 Å². The van der Waals surface area contributed by atoms with E-state index < -0.39 is 0 Å². The average molecular weight is 224 g/mol. The van der Waals surface area contributed by atoms with Gasteiger partial charge in [0.1, 0.15) is 0 Å². The van der Waals surface area contributed by atoms with Gasteiger partial charge in [-0.1, -0.05) is 20.3 Å². The molecule has 3 aliphatic rings. The fourth-order valence-electron chi connectivity index (χ4n) is 5.43. The Balaban J connectivity index is 2.07. The van der Waals surface area contributed by atoms with Crippen LogP contribution in [0.4, 0.5) is 0 Å². The van der Waals surface area contributed by atoms with Gasteiger partial charge in [0.25, 0.3) is 0 Å². The van der Waals surface area contributed by atoms with Crippen molar-refractivity contribution in [2.45, 2.75) is 64.1 Å². The van der Waals surface area contributed by atoms with Crippen LogP contribution in [0, 0.1) is 16.7 Å². The van der Waals surface area contributed by atoms with Crippen LogP contribution in [0.1, 0.15) is 52.4 Å². The Bertz CT molecular complexity index is 308. The number of aliphatic hydroxyl groups is 1. The van der Waals surface area contributed by atoms with E-state index >= 15 is 0 Å². The minimum atomic E-state index is -0.288. The first kappa shape index (κ1) is 11.0. The van der Waals surface area contributed by atoms with E-state index in [0.717, 1.165) is 12.8 Å². The van der Waals surface area contributed by atoms with Crippen LogP contribution in [0.2, 0.25) is 0 Å². The molecule has 0 aromatic heterocycles. The zero-order valence-corrected chi connectivity index (χ0v) is 10.8. The third-order valence-corrected chi connectivity index (χ3v) is 6.11. The molecule has 2 bridgehead atoms. The van der Waals surface area contributed by atoms with Crippen LogP contribution in [-0.4, -0.2) is 23.9 Å². The first-order valence-electron chi connectivity index (χ1n) is 6.70. The summed E-state index contributed by atoms with van der Waals surface area (Å²) < 4.78 is 5.77. The largest absolute Gasteiger partial charge is 0.390 e. The number of rotatable bonds is 1. The van der Waals surface area contributed by atoms with Crippen molar-refractivity contribution >= 4 is 0 Å². The number of fused-ring (bicyclic) bond motifs is 1. The SMILES string of the molecule is CO[C@@]12CC[C@]3(CCCC3C(C)(C)[C@H]1O)C2. The van der Waals surface area contributed by atoms with E-state index in [0.29, 0.717) is 11.3 Å².